The van der Waals surface area contributed by atoms with E-state index in [0.717, 1.165) is 33.2 Å². The molecule has 0 bridgehead atoms. The van der Waals surface area contributed by atoms with Crippen molar-refractivity contribution in [2.24, 2.45) is 0 Å². The molecule has 0 saturated carbocycles. The van der Waals surface area contributed by atoms with E-state index in [0.29, 0.717) is 0 Å². The molecule has 0 amide bonds. The van der Waals surface area contributed by atoms with E-state index in [1.807, 2.05) is 30.5 Å². The first-order chi connectivity index (χ1) is 11.2. The average molecular weight is 303 g/mol. The van der Waals surface area contributed by atoms with Crippen molar-refractivity contribution in [3.63, 3.8) is 0 Å². The van der Waals surface area contributed by atoms with Gasteiger partial charge in [0.2, 0.25) is 0 Å². The molecule has 3 aromatic carbocycles. The summed E-state index contributed by atoms with van der Waals surface area (Å²) >= 11 is 0. The van der Waals surface area contributed by atoms with Gasteiger partial charge in [-0.2, -0.15) is 0 Å². The zero-order chi connectivity index (χ0) is 15.8. The molecule has 0 radical (unpaired) electrons. The monoisotopic (exact) mass is 303 g/mol. The highest BCUT2D eigenvalue weighted by Crippen LogP contribution is 2.33. The molecule has 112 valence electrons. The highest BCUT2D eigenvalue weighted by molar-refractivity contribution is 5.98. The van der Waals surface area contributed by atoms with Crippen LogP contribution in [-0.4, -0.2) is 10.1 Å². The minimum Gasteiger partial charge on any atom is -0.505 e. The van der Waals surface area contributed by atoms with Gasteiger partial charge >= 0.3 is 0 Å². The molecule has 0 aliphatic rings. The normalized spacial score (nSPS) is 11.0. The Morgan fingerprint density at radius 1 is 0.783 bits per heavy atom. The fourth-order valence-corrected chi connectivity index (χ4v) is 2.84. The third-order valence-corrected chi connectivity index (χ3v) is 4.05. The fourth-order valence-electron chi connectivity index (χ4n) is 2.84. The molecular weight excluding hydrogens is 289 g/mol. The van der Waals surface area contributed by atoms with Gasteiger partial charge in [0.05, 0.1) is 0 Å². The molecular formula is C20H14FNO. The van der Waals surface area contributed by atoms with Crippen LogP contribution in [0.2, 0.25) is 0 Å². The van der Waals surface area contributed by atoms with Crippen LogP contribution in [0, 0.1) is 5.82 Å². The summed E-state index contributed by atoms with van der Waals surface area (Å²) in [6.07, 6.45) is 1.87. The first-order valence-corrected chi connectivity index (χ1v) is 7.38. The van der Waals surface area contributed by atoms with E-state index in [2.05, 4.69) is 29.2 Å². The summed E-state index contributed by atoms with van der Waals surface area (Å²) in [5, 5.41) is 10.4. The van der Waals surface area contributed by atoms with Gasteiger partial charge in [-0.05, 0) is 41.0 Å². The molecule has 2 nitrogen and oxygen atoms in total. The number of phenolic OH excluding ortho intramolecular Hbond substituents is 1. The van der Waals surface area contributed by atoms with Gasteiger partial charge in [-0.1, -0.05) is 42.5 Å². The SMILES string of the molecule is Oc1ccc(-c2c[nH]c3ccc(-c4ccccc4)cc23)cc1F. The molecule has 0 atom stereocenters. The summed E-state index contributed by atoms with van der Waals surface area (Å²) in [5.41, 5.74) is 4.89. The molecule has 2 N–H and O–H groups in total. The molecule has 0 spiro atoms. The Kier molecular flexibility index (Phi) is 3.12. The second-order valence-electron chi connectivity index (χ2n) is 5.49. The number of halogens is 1. The van der Waals surface area contributed by atoms with E-state index in [-0.39, 0.29) is 5.75 Å². The number of rotatable bonds is 2. The second-order valence-corrected chi connectivity index (χ2v) is 5.49. The highest BCUT2D eigenvalue weighted by atomic mass is 19.1. The van der Waals surface area contributed by atoms with Gasteiger partial charge in [-0.15, -0.1) is 0 Å². The first kappa shape index (κ1) is 13.6. The number of aromatic hydroxyl groups is 1. The van der Waals surface area contributed by atoms with E-state index in [1.54, 1.807) is 6.07 Å². The number of hydrogen-bond acceptors (Lipinski definition) is 1. The average Bonchev–Trinajstić information content (AvgIpc) is 3.01. The summed E-state index contributed by atoms with van der Waals surface area (Å²) in [6.45, 7) is 0. The molecule has 1 aromatic heterocycles. The first-order valence-electron chi connectivity index (χ1n) is 7.38. The maximum Gasteiger partial charge on any atom is 0.165 e. The molecule has 23 heavy (non-hydrogen) atoms. The standard InChI is InChI=1S/C20H14FNO/c21-18-11-15(7-9-20(18)23)17-12-22-19-8-6-14(10-16(17)19)13-4-2-1-3-5-13/h1-12,22-23H. The summed E-state index contributed by atoms with van der Waals surface area (Å²) in [7, 11) is 0. The summed E-state index contributed by atoms with van der Waals surface area (Å²) in [5.74, 6) is -0.949. The van der Waals surface area contributed by atoms with Crippen molar-refractivity contribution < 1.29 is 9.50 Å². The van der Waals surface area contributed by atoms with E-state index in [1.165, 1.54) is 12.1 Å². The number of nitrogens with one attached hydrogen (secondary N) is 1. The zero-order valence-electron chi connectivity index (χ0n) is 12.3. The molecule has 1 heterocycles. The molecule has 4 rings (SSSR count). The largest absolute Gasteiger partial charge is 0.505 e. The lowest BCUT2D eigenvalue weighted by Gasteiger charge is -2.05. The number of fused-ring (bicyclic) bond motifs is 1. The predicted molar refractivity (Wildman–Crippen MR) is 90.8 cm³/mol. The van der Waals surface area contributed by atoms with Crippen molar-refractivity contribution in [3.05, 3.63) is 78.7 Å². The van der Waals surface area contributed by atoms with Crippen LogP contribution in [0.4, 0.5) is 4.39 Å². The van der Waals surface area contributed by atoms with Crippen LogP contribution >= 0.6 is 0 Å². The Morgan fingerprint density at radius 2 is 1.57 bits per heavy atom. The van der Waals surface area contributed by atoms with Gasteiger partial charge < -0.3 is 10.1 Å². The molecule has 0 aliphatic carbocycles. The number of benzene rings is 3. The van der Waals surface area contributed by atoms with Gasteiger partial charge in [0, 0.05) is 22.7 Å². The molecule has 4 aromatic rings. The summed E-state index contributed by atoms with van der Waals surface area (Å²) in [6, 6.07) is 20.8. The topological polar surface area (TPSA) is 36.0 Å². The molecule has 3 heteroatoms. The van der Waals surface area contributed by atoms with Gasteiger partial charge in [-0.25, -0.2) is 4.39 Å². The summed E-state index contributed by atoms with van der Waals surface area (Å²) in [4.78, 5) is 3.21. The van der Waals surface area contributed by atoms with Gasteiger partial charge in [0.25, 0.3) is 0 Å². The molecule has 0 fully saturated rings. The maximum atomic E-state index is 13.7. The second kappa shape index (κ2) is 5.29. The van der Waals surface area contributed by atoms with E-state index in [9.17, 15) is 9.50 Å². The Bertz CT molecular complexity index is 989. The minimum atomic E-state index is -0.615. The third-order valence-electron chi connectivity index (χ3n) is 4.05. The highest BCUT2D eigenvalue weighted by Gasteiger charge is 2.10. The van der Waals surface area contributed by atoms with Gasteiger partial charge in [0.15, 0.2) is 11.6 Å². The van der Waals surface area contributed by atoms with Crippen molar-refractivity contribution in [3.8, 4) is 28.0 Å². The lowest BCUT2D eigenvalue weighted by molar-refractivity contribution is 0.432. The van der Waals surface area contributed by atoms with Crippen LogP contribution in [0.5, 0.6) is 5.75 Å². The summed E-state index contributed by atoms with van der Waals surface area (Å²) < 4.78 is 13.7. The van der Waals surface area contributed by atoms with E-state index < -0.39 is 5.82 Å². The Balaban J connectivity index is 1.89. The maximum absolute atomic E-state index is 13.7. The minimum absolute atomic E-state index is 0.335. The molecule has 0 unspecified atom stereocenters. The molecule has 0 saturated heterocycles. The quantitative estimate of drug-likeness (QED) is 0.514. The van der Waals surface area contributed by atoms with Crippen LogP contribution < -0.4 is 0 Å². The van der Waals surface area contributed by atoms with Crippen LogP contribution in [0.15, 0.2) is 72.9 Å². The molecule has 0 aliphatic heterocycles. The van der Waals surface area contributed by atoms with Crippen molar-refractivity contribution in [2.45, 2.75) is 0 Å². The Labute approximate surface area is 132 Å². The van der Waals surface area contributed by atoms with Crippen LogP contribution in [0.25, 0.3) is 33.2 Å². The zero-order valence-corrected chi connectivity index (χ0v) is 12.3. The lowest BCUT2D eigenvalue weighted by atomic mass is 10.00. The van der Waals surface area contributed by atoms with Crippen LogP contribution in [-0.2, 0) is 0 Å². The van der Waals surface area contributed by atoms with Crippen molar-refractivity contribution >= 4 is 10.9 Å². The van der Waals surface area contributed by atoms with E-state index in [4.69, 9.17) is 0 Å². The van der Waals surface area contributed by atoms with Gasteiger partial charge in [0.1, 0.15) is 0 Å². The number of aromatic amines is 1. The fraction of sp³-hybridized carbons (Fsp3) is 0. The van der Waals surface area contributed by atoms with Crippen molar-refractivity contribution in [1.82, 2.24) is 4.98 Å². The smallest absolute Gasteiger partial charge is 0.165 e. The number of phenols is 1. The Hall–Kier alpha value is -3.07. The van der Waals surface area contributed by atoms with Crippen LogP contribution in [0.3, 0.4) is 0 Å². The van der Waals surface area contributed by atoms with E-state index >= 15 is 0 Å². The number of hydrogen-bond donors (Lipinski definition) is 2. The third kappa shape index (κ3) is 2.36. The van der Waals surface area contributed by atoms with Gasteiger partial charge in [-0.3, -0.25) is 0 Å². The number of aromatic nitrogens is 1. The lowest BCUT2D eigenvalue weighted by Crippen LogP contribution is -1.81. The predicted octanol–water partition coefficient (Wildman–Crippen LogP) is 5.35. The number of H-pyrrole nitrogens is 1. The Morgan fingerprint density at radius 3 is 2.35 bits per heavy atom. The van der Waals surface area contributed by atoms with Crippen molar-refractivity contribution in [1.29, 1.82) is 0 Å². The van der Waals surface area contributed by atoms with Crippen molar-refractivity contribution in [2.75, 3.05) is 0 Å². The van der Waals surface area contributed by atoms with Crippen LogP contribution in [0.1, 0.15) is 0 Å².